The Balaban J connectivity index is 1.49. The van der Waals surface area contributed by atoms with Gasteiger partial charge in [0, 0.05) is 43.8 Å². The van der Waals surface area contributed by atoms with Crippen molar-refractivity contribution in [2.24, 2.45) is 0 Å². The molecule has 0 spiro atoms. The quantitative estimate of drug-likeness (QED) is 0.536. The van der Waals surface area contributed by atoms with Crippen molar-refractivity contribution in [3.8, 4) is 0 Å². The topological polar surface area (TPSA) is 53.0 Å². The standard InChI is InChI=1S/C21H22N6S/c1-2-27-19-13-17-16(12-18(19)24-21(27)28)20(23-14-22-17)26-10-8-25(9-11-26)15-6-4-3-5-7-15/h3-7,12-14H,2,8-11H2,1H3,(H,24,28). The van der Waals surface area contributed by atoms with E-state index < -0.39 is 0 Å². The summed E-state index contributed by atoms with van der Waals surface area (Å²) >= 11 is 5.46. The Bertz CT molecular complexity index is 1190. The van der Waals surface area contributed by atoms with Crippen molar-refractivity contribution in [2.75, 3.05) is 36.0 Å². The number of hydrogen-bond acceptors (Lipinski definition) is 5. The second-order valence-corrected chi connectivity index (χ2v) is 7.45. The maximum Gasteiger partial charge on any atom is 0.178 e. The number of aryl methyl sites for hydroxylation is 1. The van der Waals surface area contributed by atoms with Crippen molar-refractivity contribution >= 4 is 45.7 Å². The van der Waals surface area contributed by atoms with E-state index in [1.807, 2.05) is 0 Å². The molecule has 1 aliphatic rings. The van der Waals surface area contributed by atoms with E-state index in [9.17, 15) is 0 Å². The summed E-state index contributed by atoms with van der Waals surface area (Å²) in [5, 5.41) is 1.07. The predicted octanol–water partition coefficient (Wildman–Crippen LogP) is 3.99. The van der Waals surface area contributed by atoms with Crippen molar-refractivity contribution in [3.63, 3.8) is 0 Å². The summed E-state index contributed by atoms with van der Waals surface area (Å²) < 4.78 is 2.85. The molecule has 2 aromatic carbocycles. The van der Waals surface area contributed by atoms with Gasteiger partial charge in [-0.3, -0.25) is 0 Å². The third-order valence-electron chi connectivity index (χ3n) is 5.53. The molecule has 3 heterocycles. The Morgan fingerprint density at radius 2 is 1.75 bits per heavy atom. The van der Waals surface area contributed by atoms with Crippen molar-refractivity contribution in [3.05, 3.63) is 53.6 Å². The number of hydrogen-bond donors (Lipinski definition) is 1. The molecule has 1 fully saturated rings. The Morgan fingerprint density at radius 3 is 2.50 bits per heavy atom. The molecule has 0 aliphatic carbocycles. The third-order valence-corrected chi connectivity index (χ3v) is 5.85. The maximum absolute atomic E-state index is 5.46. The Labute approximate surface area is 168 Å². The van der Waals surface area contributed by atoms with Crippen LogP contribution in [-0.2, 0) is 6.54 Å². The van der Waals surface area contributed by atoms with Crippen LogP contribution >= 0.6 is 12.2 Å². The third kappa shape index (κ3) is 2.82. The Kier molecular flexibility index (Phi) is 4.24. The summed E-state index contributed by atoms with van der Waals surface area (Å²) in [5.74, 6) is 1.00. The molecular weight excluding hydrogens is 368 g/mol. The number of fused-ring (bicyclic) bond motifs is 2. The first kappa shape index (κ1) is 17.2. The molecule has 28 heavy (non-hydrogen) atoms. The van der Waals surface area contributed by atoms with Gasteiger partial charge in [0.15, 0.2) is 4.77 Å². The van der Waals surface area contributed by atoms with Crippen LogP contribution in [0.3, 0.4) is 0 Å². The second kappa shape index (κ2) is 6.91. The minimum absolute atomic E-state index is 0.749. The molecule has 142 valence electrons. The molecule has 0 unspecified atom stereocenters. The highest BCUT2D eigenvalue weighted by molar-refractivity contribution is 7.71. The van der Waals surface area contributed by atoms with Crippen LogP contribution in [0.2, 0.25) is 0 Å². The summed E-state index contributed by atoms with van der Waals surface area (Å²) in [4.78, 5) is 17.3. The van der Waals surface area contributed by atoms with Gasteiger partial charge in [0.2, 0.25) is 0 Å². The summed E-state index contributed by atoms with van der Waals surface area (Å²) in [5.41, 5.74) is 4.38. The number of imidazole rings is 1. The maximum atomic E-state index is 5.46. The number of rotatable bonds is 3. The normalized spacial score (nSPS) is 14.9. The lowest BCUT2D eigenvalue weighted by atomic mass is 10.1. The van der Waals surface area contributed by atoms with Gasteiger partial charge in [-0.1, -0.05) is 18.2 Å². The number of anilines is 2. The molecule has 0 saturated carbocycles. The number of nitrogens with zero attached hydrogens (tertiary/aromatic N) is 5. The molecule has 7 heteroatoms. The second-order valence-electron chi connectivity index (χ2n) is 7.07. The average Bonchev–Trinajstić information content (AvgIpc) is 3.06. The monoisotopic (exact) mass is 390 g/mol. The van der Waals surface area contributed by atoms with E-state index in [4.69, 9.17) is 12.2 Å². The molecule has 2 aromatic heterocycles. The molecular formula is C21H22N6S. The Morgan fingerprint density at radius 1 is 1.00 bits per heavy atom. The fraction of sp³-hybridized carbons (Fsp3) is 0.286. The number of aromatic amines is 1. The zero-order chi connectivity index (χ0) is 19.1. The fourth-order valence-corrected chi connectivity index (χ4v) is 4.41. The number of H-pyrrole nitrogens is 1. The van der Waals surface area contributed by atoms with Crippen LogP contribution in [-0.4, -0.2) is 45.7 Å². The molecule has 0 bridgehead atoms. The average molecular weight is 391 g/mol. The van der Waals surface area contributed by atoms with Crippen molar-refractivity contribution in [1.82, 2.24) is 19.5 Å². The van der Waals surface area contributed by atoms with E-state index in [1.165, 1.54) is 5.69 Å². The molecule has 1 N–H and O–H groups in total. The van der Waals surface area contributed by atoms with Crippen LogP contribution in [0.15, 0.2) is 48.8 Å². The number of nitrogens with one attached hydrogen (secondary N) is 1. The highest BCUT2D eigenvalue weighted by atomic mass is 32.1. The van der Waals surface area contributed by atoms with Gasteiger partial charge < -0.3 is 19.4 Å². The van der Waals surface area contributed by atoms with Gasteiger partial charge in [0.25, 0.3) is 0 Å². The van der Waals surface area contributed by atoms with Gasteiger partial charge in [-0.2, -0.15) is 0 Å². The number of piperazine rings is 1. The van der Waals surface area contributed by atoms with Crippen LogP contribution in [0, 0.1) is 4.77 Å². The van der Waals surface area contributed by atoms with E-state index in [2.05, 4.69) is 78.7 Å². The highest BCUT2D eigenvalue weighted by Gasteiger charge is 2.20. The SMILES string of the molecule is CCn1c(=S)[nH]c2cc3c(N4CCN(c5ccccc5)CC4)ncnc3cc21. The number of aromatic nitrogens is 4. The van der Waals surface area contributed by atoms with Crippen molar-refractivity contribution in [2.45, 2.75) is 13.5 Å². The first-order valence-corrected chi connectivity index (χ1v) is 10.1. The van der Waals surface area contributed by atoms with Gasteiger partial charge >= 0.3 is 0 Å². The van der Waals surface area contributed by atoms with Crippen molar-refractivity contribution in [1.29, 1.82) is 0 Å². The summed E-state index contributed by atoms with van der Waals surface area (Å²) in [6.07, 6.45) is 1.67. The number of para-hydroxylation sites is 1. The lowest BCUT2D eigenvalue weighted by Gasteiger charge is -2.37. The largest absolute Gasteiger partial charge is 0.368 e. The minimum Gasteiger partial charge on any atom is -0.368 e. The first-order valence-electron chi connectivity index (χ1n) is 9.67. The van der Waals surface area contributed by atoms with Gasteiger partial charge in [-0.15, -0.1) is 0 Å². The lowest BCUT2D eigenvalue weighted by molar-refractivity contribution is 0.649. The van der Waals surface area contributed by atoms with Crippen molar-refractivity contribution < 1.29 is 0 Å². The highest BCUT2D eigenvalue weighted by Crippen LogP contribution is 2.29. The fourth-order valence-electron chi connectivity index (χ4n) is 4.08. The molecule has 0 atom stereocenters. The van der Waals surface area contributed by atoms with Crippen LogP contribution in [0.5, 0.6) is 0 Å². The van der Waals surface area contributed by atoms with Gasteiger partial charge in [0.1, 0.15) is 12.1 Å². The zero-order valence-electron chi connectivity index (χ0n) is 15.8. The molecule has 6 nitrogen and oxygen atoms in total. The van der Waals surface area contributed by atoms with Crippen LogP contribution in [0.4, 0.5) is 11.5 Å². The summed E-state index contributed by atoms with van der Waals surface area (Å²) in [6.45, 7) is 6.77. The van der Waals surface area contributed by atoms with Gasteiger partial charge in [0.05, 0.1) is 16.6 Å². The summed E-state index contributed by atoms with van der Waals surface area (Å²) in [6, 6.07) is 14.9. The summed E-state index contributed by atoms with van der Waals surface area (Å²) in [7, 11) is 0. The van der Waals surface area contributed by atoms with Crippen LogP contribution in [0.1, 0.15) is 6.92 Å². The van der Waals surface area contributed by atoms with E-state index in [-0.39, 0.29) is 0 Å². The molecule has 5 rings (SSSR count). The minimum atomic E-state index is 0.749. The van der Waals surface area contributed by atoms with Crippen LogP contribution in [0.25, 0.3) is 21.9 Å². The van der Waals surface area contributed by atoms with Gasteiger partial charge in [-0.25, -0.2) is 9.97 Å². The molecule has 4 aromatic rings. The van der Waals surface area contributed by atoms with E-state index in [1.54, 1.807) is 6.33 Å². The van der Waals surface area contributed by atoms with E-state index >= 15 is 0 Å². The van der Waals surface area contributed by atoms with E-state index in [0.29, 0.717) is 0 Å². The molecule has 1 saturated heterocycles. The lowest BCUT2D eigenvalue weighted by Crippen LogP contribution is -2.46. The van der Waals surface area contributed by atoms with E-state index in [0.717, 1.165) is 65.2 Å². The molecule has 1 aliphatic heterocycles. The van der Waals surface area contributed by atoms with Crippen LogP contribution < -0.4 is 9.80 Å². The smallest absolute Gasteiger partial charge is 0.178 e. The predicted molar refractivity (Wildman–Crippen MR) is 117 cm³/mol. The molecule has 0 radical (unpaired) electrons. The zero-order valence-corrected chi connectivity index (χ0v) is 16.6. The Hall–Kier alpha value is -2.93. The van der Waals surface area contributed by atoms with Gasteiger partial charge in [-0.05, 0) is 43.4 Å². The first-order chi connectivity index (χ1) is 13.7. The molecule has 0 amide bonds. The number of benzene rings is 2.